The van der Waals surface area contributed by atoms with Gasteiger partial charge in [-0.25, -0.2) is 4.68 Å². The number of ketones is 1. The van der Waals surface area contributed by atoms with Crippen LogP contribution in [0.3, 0.4) is 0 Å². The summed E-state index contributed by atoms with van der Waals surface area (Å²) in [5.74, 6) is 1.93. The average Bonchev–Trinajstić information content (AvgIpc) is 3.19. The van der Waals surface area contributed by atoms with Gasteiger partial charge in [0, 0.05) is 18.4 Å². The molecule has 2 heterocycles. The first-order valence-corrected chi connectivity index (χ1v) is 9.62. The lowest BCUT2D eigenvalue weighted by Gasteiger charge is -2.10. The predicted octanol–water partition coefficient (Wildman–Crippen LogP) is 2.69. The average molecular weight is 406 g/mol. The Morgan fingerprint density at radius 2 is 1.93 bits per heavy atom. The third-order valence-corrected chi connectivity index (χ3v) is 4.86. The smallest absolute Gasteiger partial charge is 0.270 e. The number of hydrogen-bond donors (Lipinski definition) is 0. The first kappa shape index (κ1) is 19.7. The second-order valence-electron chi connectivity index (χ2n) is 7.21. The van der Waals surface area contributed by atoms with Crippen molar-refractivity contribution < 1.29 is 19.0 Å². The van der Waals surface area contributed by atoms with E-state index in [-0.39, 0.29) is 31.1 Å². The molecule has 1 aliphatic heterocycles. The Morgan fingerprint density at radius 3 is 2.77 bits per heavy atom. The highest BCUT2D eigenvalue weighted by atomic mass is 16.7. The molecule has 7 heteroatoms. The van der Waals surface area contributed by atoms with E-state index in [1.54, 1.807) is 25.3 Å². The molecule has 7 nitrogen and oxygen atoms in total. The van der Waals surface area contributed by atoms with Crippen molar-refractivity contribution in [1.82, 2.24) is 9.78 Å². The molecule has 154 valence electrons. The zero-order valence-corrected chi connectivity index (χ0v) is 16.9. The lowest BCUT2D eigenvalue weighted by atomic mass is 10.1. The first-order chi connectivity index (χ1) is 14.5. The summed E-state index contributed by atoms with van der Waals surface area (Å²) in [6.45, 7) is 1.92. The van der Waals surface area contributed by atoms with Crippen LogP contribution < -0.4 is 19.8 Å². The SMILES string of the molecule is COc1cccc(Cc2cc(C)nn(CC(=O)Cc3ccc4c(c3)OCO4)c2=O)c1. The molecule has 30 heavy (non-hydrogen) atoms. The number of aromatic nitrogens is 2. The molecular weight excluding hydrogens is 384 g/mol. The second-order valence-corrected chi connectivity index (χ2v) is 7.21. The normalized spacial score (nSPS) is 12.1. The Hall–Kier alpha value is -3.61. The number of ether oxygens (including phenoxy) is 3. The van der Waals surface area contributed by atoms with E-state index in [0.717, 1.165) is 16.9 Å². The number of methoxy groups -OCH3 is 1. The molecule has 0 atom stereocenters. The monoisotopic (exact) mass is 406 g/mol. The van der Waals surface area contributed by atoms with E-state index < -0.39 is 0 Å². The summed E-state index contributed by atoms with van der Waals surface area (Å²) in [6, 6.07) is 14.7. The standard InChI is InChI=1S/C23H22N2O5/c1-15-8-18(9-16-4-3-5-20(11-16)28-2)23(27)25(24-15)13-19(26)10-17-6-7-21-22(12-17)30-14-29-21/h3-8,11-12H,9-10,13-14H2,1-2H3. The van der Waals surface area contributed by atoms with Gasteiger partial charge in [0.05, 0.1) is 12.8 Å². The van der Waals surface area contributed by atoms with Crippen molar-refractivity contribution in [2.45, 2.75) is 26.3 Å². The van der Waals surface area contributed by atoms with Gasteiger partial charge >= 0.3 is 0 Å². The van der Waals surface area contributed by atoms with Gasteiger partial charge in [-0.1, -0.05) is 18.2 Å². The summed E-state index contributed by atoms with van der Waals surface area (Å²) in [4.78, 5) is 25.5. The quantitative estimate of drug-likeness (QED) is 0.600. The third-order valence-electron chi connectivity index (χ3n) is 4.86. The molecule has 0 saturated carbocycles. The Labute approximate surface area is 173 Å². The van der Waals surface area contributed by atoms with Crippen LogP contribution in [0.2, 0.25) is 0 Å². The Bertz CT molecular complexity index is 1150. The zero-order valence-electron chi connectivity index (χ0n) is 16.9. The zero-order chi connectivity index (χ0) is 21.1. The lowest BCUT2D eigenvalue weighted by molar-refractivity contribution is -0.119. The molecule has 1 aromatic heterocycles. The topological polar surface area (TPSA) is 79.7 Å². The summed E-state index contributed by atoms with van der Waals surface area (Å²) in [5.41, 5.74) is 2.77. The number of nitrogens with zero attached hydrogens (tertiary/aromatic N) is 2. The number of fused-ring (bicyclic) bond motifs is 1. The van der Waals surface area contributed by atoms with E-state index in [2.05, 4.69) is 5.10 Å². The van der Waals surface area contributed by atoms with Crippen LogP contribution in [0.5, 0.6) is 17.2 Å². The molecule has 0 N–H and O–H groups in total. The van der Waals surface area contributed by atoms with Gasteiger partial charge in [-0.05, 0) is 48.4 Å². The van der Waals surface area contributed by atoms with Crippen LogP contribution >= 0.6 is 0 Å². The van der Waals surface area contributed by atoms with E-state index >= 15 is 0 Å². The van der Waals surface area contributed by atoms with Crippen LogP contribution in [-0.4, -0.2) is 29.5 Å². The largest absolute Gasteiger partial charge is 0.497 e. The fourth-order valence-electron chi connectivity index (χ4n) is 3.48. The van der Waals surface area contributed by atoms with Gasteiger partial charge in [-0.3, -0.25) is 9.59 Å². The van der Waals surface area contributed by atoms with Crippen LogP contribution in [-0.2, 0) is 24.2 Å². The van der Waals surface area contributed by atoms with Gasteiger partial charge in [0.2, 0.25) is 6.79 Å². The molecule has 0 spiro atoms. The molecule has 1 aliphatic rings. The van der Waals surface area contributed by atoms with Crippen molar-refractivity contribution in [3.8, 4) is 17.2 Å². The second kappa shape index (κ2) is 8.41. The molecule has 0 saturated heterocycles. The van der Waals surface area contributed by atoms with Crippen LogP contribution in [0, 0.1) is 6.92 Å². The summed E-state index contributed by atoms with van der Waals surface area (Å²) in [7, 11) is 1.61. The number of Topliss-reactive ketones (excluding diaryl/α,β-unsaturated/α-hetero) is 1. The molecule has 0 amide bonds. The maximum atomic E-state index is 12.9. The highest BCUT2D eigenvalue weighted by Gasteiger charge is 2.16. The fraction of sp³-hybridized carbons (Fsp3) is 0.261. The molecule has 0 fully saturated rings. The minimum atomic E-state index is -0.262. The van der Waals surface area contributed by atoms with Crippen molar-refractivity contribution in [1.29, 1.82) is 0 Å². The highest BCUT2D eigenvalue weighted by Crippen LogP contribution is 2.32. The van der Waals surface area contributed by atoms with E-state index in [9.17, 15) is 9.59 Å². The number of benzene rings is 2. The number of rotatable bonds is 7. The van der Waals surface area contributed by atoms with Crippen LogP contribution in [0.4, 0.5) is 0 Å². The maximum Gasteiger partial charge on any atom is 0.270 e. The number of hydrogen-bond acceptors (Lipinski definition) is 6. The molecule has 0 radical (unpaired) electrons. The first-order valence-electron chi connectivity index (χ1n) is 9.62. The minimum absolute atomic E-state index is 0.0833. The maximum absolute atomic E-state index is 12.9. The molecular formula is C23H22N2O5. The Kier molecular flexibility index (Phi) is 5.52. The summed E-state index contributed by atoms with van der Waals surface area (Å²) < 4.78 is 17.1. The van der Waals surface area contributed by atoms with E-state index in [1.165, 1.54) is 4.68 Å². The third kappa shape index (κ3) is 4.35. The van der Waals surface area contributed by atoms with Gasteiger partial charge in [0.1, 0.15) is 12.3 Å². The van der Waals surface area contributed by atoms with Crippen LogP contribution in [0.25, 0.3) is 0 Å². The molecule has 4 rings (SSSR count). The minimum Gasteiger partial charge on any atom is -0.497 e. The van der Waals surface area contributed by atoms with Gasteiger partial charge in [0.25, 0.3) is 5.56 Å². The number of carbonyl (C=O) groups is 1. The molecule has 3 aromatic rings. The van der Waals surface area contributed by atoms with Crippen molar-refractivity contribution in [2.75, 3.05) is 13.9 Å². The van der Waals surface area contributed by atoms with E-state index in [4.69, 9.17) is 14.2 Å². The summed E-state index contributed by atoms with van der Waals surface area (Å²) in [5, 5.41) is 4.26. The molecule has 2 aromatic carbocycles. The number of aryl methyl sites for hydroxylation is 1. The van der Waals surface area contributed by atoms with Gasteiger partial charge < -0.3 is 14.2 Å². The highest BCUT2D eigenvalue weighted by molar-refractivity contribution is 5.80. The summed E-state index contributed by atoms with van der Waals surface area (Å²) >= 11 is 0. The van der Waals surface area contributed by atoms with Crippen molar-refractivity contribution >= 4 is 5.78 Å². The van der Waals surface area contributed by atoms with Crippen molar-refractivity contribution in [3.63, 3.8) is 0 Å². The number of carbonyl (C=O) groups excluding carboxylic acids is 1. The van der Waals surface area contributed by atoms with Gasteiger partial charge in [-0.2, -0.15) is 5.10 Å². The molecule has 0 unspecified atom stereocenters. The van der Waals surface area contributed by atoms with Crippen molar-refractivity contribution in [2.24, 2.45) is 0 Å². The predicted molar refractivity (Wildman–Crippen MR) is 110 cm³/mol. The van der Waals surface area contributed by atoms with Gasteiger partial charge in [0.15, 0.2) is 17.3 Å². The van der Waals surface area contributed by atoms with E-state index in [0.29, 0.717) is 29.2 Å². The van der Waals surface area contributed by atoms with Crippen LogP contribution in [0.15, 0.2) is 53.3 Å². The Morgan fingerprint density at radius 1 is 1.10 bits per heavy atom. The fourth-order valence-corrected chi connectivity index (χ4v) is 3.48. The van der Waals surface area contributed by atoms with E-state index in [1.807, 2.05) is 37.3 Å². The lowest BCUT2D eigenvalue weighted by Crippen LogP contribution is -2.30. The van der Waals surface area contributed by atoms with Crippen LogP contribution in [0.1, 0.15) is 22.4 Å². The molecule has 0 aliphatic carbocycles. The summed E-state index contributed by atoms with van der Waals surface area (Å²) in [6.07, 6.45) is 0.625. The van der Waals surface area contributed by atoms with Gasteiger partial charge in [-0.15, -0.1) is 0 Å². The Balaban J connectivity index is 1.51. The van der Waals surface area contributed by atoms with Crippen molar-refractivity contribution in [3.05, 3.63) is 81.3 Å². The molecule has 0 bridgehead atoms.